The highest BCUT2D eigenvalue weighted by atomic mass is 35.5. The predicted octanol–water partition coefficient (Wildman–Crippen LogP) is 5.78. The molecule has 0 radical (unpaired) electrons. The third-order valence-electron chi connectivity index (χ3n) is 4.71. The van der Waals surface area contributed by atoms with Crippen molar-refractivity contribution < 1.29 is 19.0 Å². The number of nitrogens with one attached hydrogen (secondary N) is 1. The van der Waals surface area contributed by atoms with Crippen LogP contribution in [0.3, 0.4) is 0 Å². The lowest BCUT2D eigenvalue weighted by Crippen LogP contribution is -2.01. The molecule has 1 N–H and O–H groups in total. The Kier molecular flexibility index (Phi) is 6.92. The fourth-order valence-electron chi connectivity index (χ4n) is 3.23. The van der Waals surface area contributed by atoms with Crippen molar-refractivity contribution in [2.24, 2.45) is 0 Å². The Morgan fingerprint density at radius 1 is 1.16 bits per heavy atom. The number of carbonyl (C=O) groups is 1. The molecule has 0 amide bonds. The fourth-order valence-corrected chi connectivity index (χ4v) is 4.28. The number of aromatic nitrogens is 2. The molecule has 4 aromatic rings. The Morgan fingerprint density at radius 3 is 2.81 bits per heavy atom. The van der Waals surface area contributed by atoms with Crippen LogP contribution in [0.1, 0.15) is 23.0 Å². The summed E-state index contributed by atoms with van der Waals surface area (Å²) in [4.78, 5) is 21.4. The molecule has 0 aliphatic carbocycles. The number of esters is 1. The molecule has 2 aromatic heterocycles. The van der Waals surface area contributed by atoms with Crippen LogP contribution in [0.15, 0.2) is 42.7 Å². The van der Waals surface area contributed by atoms with E-state index in [4.69, 9.17) is 25.8 Å². The predicted molar refractivity (Wildman–Crippen MR) is 128 cm³/mol. The molecule has 32 heavy (non-hydrogen) atoms. The molecule has 2 aromatic carbocycles. The van der Waals surface area contributed by atoms with E-state index in [2.05, 4.69) is 15.3 Å². The topological polar surface area (TPSA) is 82.6 Å². The molecule has 2 heterocycles. The van der Waals surface area contributed by atoms with E-state index in [1.807, 2.05) is 36.4 Å². The molecular formula is C23H22ClN3O4S. The molecule has 0 saturated carbocycles. The quantitative estimate of drug-likeness (QED) is 0.188. The van der Waals surface area contributed by atoms with Crippen LogP contribution in [0, 0.1) is 0 Å². The average molecular weight is 472 g/mol. The highest BCUT2D eigenvalue weighted by Crippen LogP contribution is 2.35. The fraction of sp³-hybridized carbons (Fsp3) is 0.261. The second-order valence-electron chi connectivity index (χ2n) is 6.84. The molecule has 0 spiro atoms. The zero-order valence-electron chi connectivity index (χ0n) is 17.7. The second kappa shape index (κ2) is 10.0. The highest BCUT2D eigenvalue weighted by molar-refractivity contribution is 7.20. The second-order valence-corrected chi connectivity index (χ2v) is 8.30. The molecule has 0 atom stereocenters. The highest BCUT2D eigenvalue weighted by Gasteiger charge is 2.14. The van der Waals surface area contributed by atoms with Gasteiger partial charge in [0.15, 0.2) is 11.5 Å². The number of halogens is 1. The maximum atomic E-state index is 12.0. The molecule has 0 fully saturated rings. The molecule has 0 unspecified atom stereocenters. The van der Waals surface area contributed by atoms with Gasteiger partial charge in [-0.25, -0.2) is 14.8 Å². The molecule has 0 aliphatic rings. The number of benzene rings is 2. The van der Waals surface area contributed by atoms with Gasteiger partial charge in [-0.15, -0.1) is 22.9 Å². The number of anilines is 2. The van der Waals surface area contributed by atoms with Crippen LogP contribution in [-0.4, -0.2) is 42.1 Å². The summed E-state index contributed by atoms with van der Waals surface area (Å²) in [5.74, 6) is 2.07. The molecule has 0 bridgehead atoms. The van der Waals surface area contributed by atoms with Crippen LogP contribution in [0.25, 0.3) is 21.0 Å². The number of carbonyl (C=O) groups excluding carboxylic acids is 1. The largest absolute Gasteiger partial charge is 0.493 e. The zero-order chi connectivity index (χ0) is 22.5. The number of fused-ring (bicyclic) bond motifs is 2. The number of ether oxygens (including phenoxy) is 3. The van der Waals surface area contributed by atoms with E-state index in [1.54, 1.807) is 14.0 Å². The first-order valence-electron chi connectivity index (χ1n) is 10.1. The van der Waals surface area contributed by atoms with Crippen molar-refractivity contribution in [3.05, 3.63) is 47.6 Å². The number of hydrogen-bond acceptors (Lipinski definition) is 8. The van der Waals surface area contributed by atoms with Crippen molar-refractivity contribution in [2.75, 3.05) is 31.5 Å². The van der Waals surface area contributed by atoms with Crippen LogP contribution in [0.2, 0.25) is 0 Å². The minimum atomic E-state index is -0.304. The van der Waals surface area contributed by atoms with Gasteiger partial charge >= 0.3 is 5.97 Å². The number of nitrogens with zero attached hydrogens (tertiary/aromatic N) is 2. The molecule has 7 nitrogen and oxygen atoms in total. The van der Waals surface area contributed by atoms with E-state index >= 15 is 0 Å². The van der Waals surface area contributed by atoms with Gasteiger partial charge in [0.05, 0.1) is 25.8 Å². The Balaban J connectivity index is 1.64. The third kappa shape index (κ3) is 4.71. The SMILES string of the molecule is CCOC(=O)c1cc2cc(Nc3ncnc4cc(OCCCCl)c(OC)cc34)ccc2s1. The normalized spacial score (nSPS) is 11.0. The van der Waals surface area contributed by atoms with Crippen molar-refractivity contribution in [2.45, 2.75) is 13.3 Å². The van der Waals surface area contributed by atoms with Gasteiger partial charge < -0.3 is 19.5 Å². The summed E-state index contributed by atoms with van der Waals surface area (Å²) in [5.41, 5.74) is 1.57. The Labute approximate surface area is 194 Å². The maximum Gasteiger partial charge on any atom is 0.348 e. The first-order chi connectivity index (χ1) is 15.6. The van der Waals surface area contributed by atoms with E-state index in [1.165, 1.54) is 17.7 Å². The van der Waals surface area contributed by atoms with E-state index in [0.717, 1.165) is 33.1 Å². The van der Waals surface area contributed by atoms with Gasteiger partial charge in [0.25, 0.3) is 0 Å². The number of methoxy groups -OCH3 is 1. The zero-order valence-corrected chi connectivity index (χ0v) is 19.3. The minimum Gasteiger partial charge on any atom is -0.493 e. The summed E-state index contributed by atoms with van der Waals surface area (Å²) in [6, 6.07) is 11.4. The smallest absolute Gasteiger partial charge is 0.348 e. The standard InChI is InChI=1S/C23H22ClN3O4S/c1-3-30-23(28)21-10-14-9-15(5-6-20(14)32-21)27-22-16-11-18(29-2)19(31-8-4-7-24)12-17(16)25-13-26-22/h5-6,9-13H,3-4,7-8H2,1-2H3,(H,25,26,27). The molecular weight excluding hydrogens is 450 g/mol. The molecule has 0 aliphatic heterocycles. The monoisotopic (exact) mass is 471 g/mol. The summed E-state index contributed by atoms with van der Waals surface area (Å²) in [6.45, 7) is 2.64. The molecule has 166 valence electrons. The summed E-state index contributed by atoms with van der Waals surface area (Å²) in [6.07, 6.45) is 2.24. The first-order valence-corrected chi connectivity index (χ1v) is 11.5. The number of thiophene rings is 1. The van der Waals surface area contributed by atoms with Gasteiger partial charge in [-0.1, -0.05) is 0 Å². The lowest BCUT2D eigenvalue weighted by Gasteiger charge is -2.13. The number of alkyl halides is 1. The molecule has 0 saturated heterocycles. The summed E-state index contributed by atoms with van der Waals surface area (Å²) in [5, 5.41) is 5.10. The molecule has 9 heteroatoms. The van der Waals surface area contributed by atoms with Crippen molar-refractivity contribution in [3.8, 4) is 11.5 Å². The van der Waals surface area contributed by atoms with E-state index in [-0.39, 0.29) is 5.97 Å². The Hall–Kier alpha value is -3.10. The lowest BCUT2D eigenvalue weighted by atomic mass is 10.2. The van der Waals surface area contributed by atoms with E-state index in [0.29, 0.717) is 41.3 Å². The third-order valence-corrected chi connectivity index (χ3v) is 6.08. The Morgan fingerprint density at radius 2 is 2.03 bits per heavy atom. The Bertz CT molecular complexity index is 1260. The van der Waals surface area contributed by atoms with E-state index < -0.39 is 0 Å². The van der Waals surface area contributed by atoms with Gasteiger partial charge in [0, 0.05) is 27.7 Å². The maximum absolute atomic E-state index is 12.0. The summed E-state index contributed by atoms with van der Waals surface area (Å²) >= 11 is 7.15. The van der Waals surface area contributed by atoms with Crippen molar-refractivity contribution in [1.29, 1.82) is 0 Å². The van der Waals surface area contributed by atoms with Crippen molar-refractivity contribution in [3.63, 3.8) is 0 Å². The minimum absolute atomic E-state index is 0.304. The van der Waals surface area contributed by atoms with Crippen LogP contribution in [0.5, 0.6) is 11.5 Å². The van der Waals surface area contributed by atoms with Crippen LogP contribution in [-0.2, 0) is 4.74 Å². The van der Waals surface area contributed by atoms with Crippen molar-refractivity contribution in [1.82, 2.24) is 9.97 Å². The average Bonchev–Trinajstić information content (AvgIpc) is 3.23. The van der Waals surface area contributed by atoms with E-state index in [9.17, 15) is 4.79 Å². The van der Waals surface area contributed by atoms with Gasteiger partial charge in [0.2, 0.25) is 0 Å². The first kappa shape index (κ1) is 22.1. The van der Waals surface area contributed by atoms with Crippen LogP contribution in [0.4, 0.5) is 11.5 Å². The summed E-state index contributed by atoms with van der Waals surface area (Å²) < 4.78 is 17.4. The molecule has 4 rings (SSSR count). The number of hydrogen-bond donors (Lipinski definition) is 1. The van der Waals surface area contributed by atoms with Gasteiger partial charge in [-0.3, -0.25) is 0 Å². The van der Waals surface area contributed by atoms with Crippen LogP contribution < -0.4 is 14.8 Å². The number of rotatable bonds is 9. The van der Waals surface area contributed by atoms with Crippen LogP contribution >= 0.6 is 22.9 Å². The van der Waals surface area contributed by atoms with Crippen molar-refractivity contribution >= 4 is 61.4 Å². The van der Waals surface area contributed by atoms with Gasteiger partial charge in [-0.05, 0) is 49.1 Å². The van der Waals surface area contributed by atoms with Gasteiger partial charge in [-0.2, -0.15) is 0 Å². The lowest BCUT2D eigenvalue weighted by molar-refractivity contribution is 0.0532. The van der Waals surface area contributed by atoms with Gasteiger partial charge in [0.1, 0.15) is 17.0 Å². The summed E-state index contributed by atoms with van der Waals surface area (Å²) in [7, 11) is 1.60.